The second-order valence-electron chi connectivity index (χ2n) is 6.25. The molecule has 0 spiro atoms. The van der Waals surface area contributed by atoms with Crippen LogP contribution in [0.5, 0.6) is 0 Å². The van der Waals surface area contributed by atoms with Gasteiger partial charge in [0.25, 0.3) is 0 Å². The van der Waals surface area contributed by atoms with E-state index in [4.69, 9.17) is 0 Å². The fourth-order valence-electron chi connectivity index (χ4n) is 3.10. The van der Waals surface area contributed by atoms with Gasteiger partial charge in [0.1, 0.15) is 0 Å². The zero-order chi connectivity index (χ0) is 16.6. The lowest BCUT2D eigenvalue weighted by molar-refractivity contribution is 0.244. The van der Waals surface area contributed by atoms with Crippen molar-refractivity contribution in [1.29, 1.82) is 0 Å². The van der Waals surface area contributed by atoms with Gasteiger partial charge in [-0.05, 0) is 49.1 Å². The number of amides is 2. The first-order valence-corrected chi connectivity index (χ1v) is 8.70. The molecule has 2 aromatic rings. The Morgan fingerprint density at radius 3 is 2.54 bits per heavy atom. The van der Waals surface area contributed by atoms with Crippen LogP contribution in [-0.2, 0) is 13.0 Å². The van der Waals surface area contributed by atoms with Crippen molar-refractivity contribution in [3.8, 4) is 0 Å². The summed E-state index contributed by atoms with van der Waals surface area (Å²) in [5, 5.41) is 5.75. The highest BCUT2D eigenvalue weighted by Gasteiger charge is 2.14. The smallest absolute Gasteiger partial charge is 0.319 e. The van der Waals surface area contributed by atoms with Gasteiger partial charge in [0.15, 0.2) is 0 Å². The summed E-state index contributed by atoms with van der Waals surface area (Å²) in [5.41, 5.74) is 3.78. The molecule has 1 aliphatic heterocycles. The van der Waals surface area contributed by atoms with Gasteiger partial charge >= 0.3 is 6.03 Å². The molecule has 0 saturated heterocycles. The Morgan fingerprint density at radius 2 is 1.71 bits per heavy atom. The van der Waals surface area contributed by atoms with E-state index >= 15 is 0 Å². The number of carbonyl (C=O) groups is 1. The van der Waals surface area contributed by atoms with E-state index in [1.807, 2.05) is 30.3 Å². The monoisotopic (exact) mass is 323 g/mol. The molecule has 1 aliphatic rings. The lowest BCUT2D eigenvalue weighted by Gasteiger charge is -2.28. The molecule has 126 valence electrons. The molecule has 0 radical (unpaired) electrons. The Hall–Kier alpha value is -2.33. The summed E-state index contributed by atoms with van der Waals surface area (Å²) in [6.07, 6.45) is 3.25. The second-order valence-corrected chi connectivity index (χ2v) is 6.25. The summed E-state index contributed by atoms with van der Waals surface area (Å²) in [6, 6.07) is 18.1. The number of anilines is 1. The second kappa shape index (κ2) is 8.50. The molecular formula is C20H25N3O. The van der Waals surface area contributed by atoms with Crippen molar-refractivity contribution in [3.05, 3.63) is 65.7 Å². The quantitative estimate of drug-likeness (QED) is 0.797. The third-order valence-corrected chi connectivity index (χ3v) is 4.43. The number of hydrogen-bond acceptors (Lipinski definition) is 2. The minimum Gasteiger partial charge on any atom is -0.338 e. The maximum Gasteiger partial charge on any atom is 0.319 e. The summed E-state index contributed by atoms with van der Waals surface area (Å²) in [6.45, 7) is 4.00. The van der Waals surface area contributed by atoms with E-state index in [0.717, 1.165) is 44.6 Å². The number of para-hydroxylation sites is 1. The van der Waals surface area contributed by atoms with Crippen LogP contribution < -0.4 is 10.6 Å². The molecule has 24 heavy (non-hydrogen) atoms. The van der Waals surface area contributed by atoms with Gasteiger partial charge < -0.3 is 10.6 Å². The Labute approximate surface area is 143 Å². The normalized spacial score (nSPS) is 14.0. The number of unbranched alkanes of at least 4 members (excludes halogenated alkanes) is 1. The molecule has 4 heteroatoms. The van der Waals surface area contributed by atoms with E-state index in [9.17, 15) is 4.79 Å². The standard InChI is InChI=1S/C20H25N3O/c24-20(22-19-10-2-1-3-11-19)21-13-6-7-14-23-15-12-17-8-4-5-9-18(17)16-23/h1-5,8-11H,6-7,12-16H2,(H2,21,22,24). The highest BCUT2D eigenvalue weighted by atomic mass is 16.2. The van der Waals surface area contributed by atoms with Gasteiger partial charge in [0.05, 0.1) is 0 Å². The van der Waals surface area contributed by atoms with E-state index in [1.54, 1.807) is 0 Å². The lowest BCUT2D eigenvalue weighted by Crippen LogP contribution is -2.32. The van der Waals surface area contributed by atoms with Gasteiger partial charge in [-0.25, -0.2) is 4.79 Å². The average Bonchev–Trinajstić information content (AvgIpc) is 2.62. The molecule has 2 aromatic carbocycles. The molecule has 3 rings (SSSR count). The van der Waals surface area contributed by atoms with Crippen LogP contribution in [0.1, 0.15) is 24.0 Å². The first-order valence-electron chi connectivity index (χ1n) is 8.70. The van der Waals surface area contributed by atoms with Crippen molar-refractivity contribution in [1.82, 2.24) is 10.2 Å². The van der Waals surface area contributed by atoms with Crippen LogP contribution in [0.2, 0.25) is 0 Å². The molecule has 0 saturated carbocycles. The van der Waals surface area contributed by atoms with Gasteiger partial charge in [-0.2, -0.15) is 0 Å². The maximum absolute atomic E-state index is 11.8. The zero-order valence-electron chi connectivity index (χ0n) is 14.0. The van der Waals surface area contributed by atoms with Crippen molar-refractivity contribution in [2.24, 2.45) is 0 Å². The first-order chi connectivity index (χ1) is 11.8. The number of carbonyl (C=O) groups excluding carboxylic acids is 1. The van der Waals surface area contributed by atoms with Crippen molar-refractivity contribution < 1.29 is 4.79 Å². The number of hydrogen-bond donors (Lipinski definition) is 2. The van der Waals surface area contributed by atoms with Crippen molar-refractivity contribution in [2.45, 2.75) is 25.8 Å². The van der Waals surface area contributed by atoms with Crippen LogP contribution in [0.25, 0.3) is 0 Å². The van der Waals surface area contributed by atoms with Crippen LogP contribution in [-0.4, -0.2) is 30.6 Å². The van der Waals surface area contributed by atoms with E-state index < -0.39 is 0 Å². The van der Waals surface area contributed by atoms with Gasteiger partial charge in [-0.3, -0.25) is 4.90 Å². The zero-order valence-corrected chi connectivity index (χ0v) is 14.0. The van der Waals surface area contributed by atoms with Crippen molar-refractivity contribution in [3.63, 3.8) is 0 Å². The number of nitrogens with one attached hydrogen (secondary N) is 2. The average molecular weight is 323 g/mol. The third-order valence-electron chi connectivity index (χ3n) is 4.43. The van der Waals surface area contributed by atoms with Crippen LogP contribution in [0.4, 0.5) is 10.5 Å². The fourth-order valence-corrected chi connectivity index (χ4v) is 3.10. The number of nitrogens with zero attached hydrogens (tertiary/aromatic N) is 1. The Morgan fingerprint density at radius 1 is 0.958 bits per heavy atom. The summed E-state index contributed by atoms with van der Waals surface area (Å²) in [5.74, 6) is 0. The minimum atomic E-state index is -0.131. The van der Waals surface area contributed by atoms with E-state index in [2.05, 4.69) is 39.8 Å². The van der Waals surface area contributed by atoms with Crippen molar-refractivity contribution in [2.75, 3.05) is 25.0 Å². The molecule has 1 heterocycles. The van der Waals surface area contributed by atoms with Crippen LogP contribution >= 0.6 is 0 Å². The molecule has 4 nitrogen and oxygen atoms in total. The molecule has 0 unspecified atom stereocenters. The predicted molar refractivity (Wildman–Crippen MR) is 98.1 cm³/mol. The van der Waals surface area contributed by atoms with Gasteiger partial charge in [-0.1, -0.05) is 42.5 Å². The Bertz CT molecular complexity index is 657. The SMILES string of the molecule is O=C(NCCCCN1CCc2ccccc2C1)Nc1ccccc1. The van der Waals surface area contributed by atoms with E-state index in [0.29, 0.717) is 6.54 Å². The van der Waals surface area contributed by atoms with Crippen LogP contribution in [0, 0.1) is 0 Å². The predicted octanol–water partition coefficient (Wildman–Crippen LogP) is 3.65. The first kappa shape index (κ1) is 16.5. The number of rotatable bonds is 6. The highest BCUT2D eigenvalue weighted by molar-refractivity contribution is 5.89. The van der Waals surface area contributed by atoms with Gasteiger partial charge in [0.2, 0.25) is 0 Å². The molecule has 0 atom stereocenters. The summed E-state index contributed by atoms with van der Waals surface area (Å²) in [7, 11) is 0. The Kier molecular flexibility index (Phi) is 5.85. The van der Waals surface area contributed by atoms with E-state index in [-0.39, 0.29) is 6.03 Å². The molecule has 2 N–H and O–H groups in total. The molecule has 0 bridgehead atoms. The van der Waals surface area contributed by atoms with E-state index in [1.165, 1.54) is 11.1 Å². The van der Waals surface area contributed by atoms with Gasteiger partial charge in [0, 0.05) is 25.3 Å². The molecule has 0 fully saturated rings. The fraction of sp³-hybridized carbons (Fsp3) is 0.350. The topological polar surface area (TPSA) is 44.4 Å². The number of urea groups is 1. The maximum atomic E-state index is 11.8. The number of benzene rings is 2. The van der Waals surface area contributed by atoms with Crippen LogP contribution in [0.3, 0.4) is 0 Å². The summed E-state index contributed by atoms with van der Waals surface area (Å²) >= 11 is 0. The summed E-state index contributed by atoms with van der Waals surface area (Å²) in [4.78, 5) is 14.3. The molecule has 2 amide bonds. The molecular weight excluding hydrogens is 298 g/mol. The minimum absolute atomic E-state index is 0.131. The van der Waals surface area contributed by atoms with Gasteiger partial charge in [-0.15, -0.1) is 0 Å². The van der Waals surface area contributed by atoms with Crippen LogP contribution in [0.15, 0.2) is 54.6 Å². The molecule has 0 aromatic heterocycles. The molecule has 0 aliphatic carbocycles. The van der Waals surface area contributed by atoms with Crippen molar-refractivity contribution >= 4 is 11.7 Å². The number of fused-ring (bicyclic) bond motifs is 1. The highest BCUT2D eigenvalue weighted by Crippen LogP contribution is 2.18. The lowest BCUT2D eigenvalue weighted by atomic mass is 10.00. The third kappa shape index (κ3) is 4.83. The summed E-state index contributed by atoms with van der Waals surface area (Å²) < 4.78 is 0. The largest absolute Gasteiger partial charge is 0.338 e. The Balaban J connectivity index is 1.30.